The standard InChI is InChI=1S/C47H78N4O10/c1-12-32(6)44(50(9)46(56)36(30(2)3)28-39(53)43(31(4)5)49(8)41(54)23-17-14-18-25-61-48)40(59-10)29-42(55)51-24-19-22-37(51)45(60-11)33(7)38(52)27-35(47(57)58)26-34-20-15-13-16-21-34/h13,15-16,20-21,30-33,35-37,40,43-45H,12,14,17-19,22-29,48H2,1-11H3,(H,57,58)/t32-,33-,35+,36-,37-,40+,43-,44-,45+/m0/s1. The zero-order valence-electron chi connectivity index (χ0n) is 39.0. The summed E-state index contributed by atoms with van der Waals surface area (Å²) in [6, 6.07) is 7.62. The van der Waals surface area contributed by atoms with Crippen molar-refractivity contribution in [3.05, 3.63) is 35.9 Å². The van der Waals surface area contributed by atoms with Gasteiger partial charge < -0.3 is 34.1 Å². The van der Waals surface area contributed by atoms with Gasteiger partial charge in [-0.2, -0.15) is 0 Å². The van der Waals surface area contributed by atoms with Crippen molar-refractivity contribution >= 4 is 35.3 Å². The predicted octanol–water partition coefficient (Wildman–Crippen LogP) is 5.97. The molecule has 1 heterocycles. The van der Waals surface area contributed by atoms with Gasteiger partial charge in [0.25, 0.3) is 0 Å². The van der Waals surface area contributed by atoms with Crippen molar-refractivity contribution in [2.75, 3.05) is 41.5 Å². The maximum Gasteiger partial charge on any atom is 0.307 e. The number of hydrogen-bond donors (Lipinski definition) is 2. The molecule has 346 valence electrons. The minimum absolute atomic E-state index is 0.0244. The van der Waals surface area contributed by atoms with Gasteiger partial charge >= 0.3 is 5.97 Å². The van der Waals surface area contributed by atoms with Crippen molar-refractivity contribution in [2.45, 2.75) is 149 Å². The van der Waals surface area contributed by atoms with Crippen LogP contribution in [0.15, 0.2) is 30.3 Å². The highest BCUT2D eigenvalue weighted by Gasteiger charge is 2.43. The van der Waals surface area contributed by atoms with Crippen LogP contribution in [0.1, 0.15) is 118 Å². The van der Waals surface area contributed by atoms with Gasteiger partial charge in [-0.15, -0.1) is 0 Å². The Labute approximate surface area is 365 Å². The van der Waals surface area contributed by atoms with Gasteiger partial charge in [0.05, 0.1) is 49.3 Å². The number of amides is 3. The molecule has 0 saturated carbocycles. The minimum atomic E-state index is -1.04. The first-order chi connectivity index (χ1) is 28.9. The number of carbonyl (C=O) groups is 6. The Bertz CT molecular complexity index is 1540. The number of methoxy groups -OCH3 is 2. The zero-order chi connectivity index (χ0) is 46.0. The number of ether oxygens (including phenoxy) is 2. The molecule has 0 spiro atoms. The number of unbranched alkanes of at least 4 members (excludes halogenated alkanes) is 2. The number of carboxylic acids is 1. The van der Waals surface area contributed by atoms with E-state index in [4.69, 9.17) is 15.4 Å². The van der Waals surface area contributed by atoms with Gasteiger partial charge in [-0.25, -0.2) is 5.90 Å². The van der Waals surface area contributed by atoms with Crippen LogP contribution >= 0.6 is 0 Å². The monoisotopic (exact) mass is 859 g/mol. The summed E-state index contributed by atoms with van der Waals surface area (Å²) in [5.41, 5.74) is 0.837. The van der Waals surface area contributed by atoms with Crippen molar-refractivity contribution in [3.63, 3.8) is 0 Å². The molecular formula is C47H78N4O10. The summed E-state index contributed by atoms with van der Waals surface area (Å²) in [5.74, 6) is 0.468. The predicted molar refractivity (Wildman–Crippen MR) is 235 cm³/mol. The molecule has 1 aromatic rings. The molecule has 2 rings (SSSR count). The molecule has 0 bridgehead atoms. The van der Waals surface area contributed by atoms with Crippen molar-refractivity contribution in [1.82, 2.24) is 14.7 Å². The third-order valence-corrected chi connectivity index (χ3v) is 12.9. The lowest BCUT2D eigenvalue weighted by Gasteiger charge is -2.41. The van der Waals surface area contributed by atoms with Crippen molar-refractivity contribution in [1.29, 1.82) is 0 Å². The first kappa shape index (κ1) is 53.4. The van der Waals surface area contributed by atoms with Gasteiger partial charge in [0.15, 0.2) is 5.78 Å². The van der Waals surface area contributed by atoms with Crippen LogP contribution in [-0.4, -0.2) is 127 Å². The molecule has 3 N–H and O–H groups in total. The average Bonchev–Trinajstić information content (AvgIpc) is 3.71. The molecule has 1 aromatic carbocycles. The number of carbonyl (C=O) groups excluding carboxylic acids is 5. The van der Waals surface area contributed by atoms with E-state index in [2.05, 4.69) is 4.84 Å². The second kappa shape index (κ2) is 26.7. The normalized spacial score (nSPS) is 18.2. The Morgan fingerprint density at radius 2 is 1.51 bits per heavy atom. The Kier molecular flexibility index (Phi) is 23.4. The second-order valence-electron chi connectivity index (χ2n) is 17.9. The Morgan fingerprint density at radius 1 is 0.852 bits per heavy atom. The van der Waals surface area contributed by atoms with Crippen LogP contribution < -0.4 is 5.90 Å². The molecule has 14 nitrogen and oxygen atoms in total. The number of carboxylic acid groups (broad SMARTS) is 1. The number of ketones is 2. The van der Waals surface area contributed by atoms with E-state index in [1.807, 2.05) is 71.9 Å². The van der Waals surface area contributed by atoms with Crippen molar-refractivity contribution < 1.29 is 48.2 Å². The van der Waals surface area contributed by atoms with E-state index in [0.717, 1.165) is 18.4 Å². The smallest absolute Gasteiger partial charge is 0.307 e. The van der Waals surface area contributed by atoms with Crippen LogP contribution in [-0.2, 0) is 49.5 Å². The van der Waals surface area contributed by atoms with Gasteiger partial charge in [-0.1, -0.05) is 91.6 Å². The number of nitrogens with zero attached hydrogens (tertiary/aromatic N) is 3. The molecule has 14 heteroatoms. The van der Waals surface area contributed by atoms with Gasteiger partial charge in [-0.3, -0.25) is 28.8 Å². The van der Waals surface area contributed by atoms with Crippen molar-refractivity contribution in [3.8, 4) is 0 Å². The van der Waals surface area contributed by atoms with Crippen LogP contribution in [0.2, 0.25) is 0 Å². The molecular weight excluding hydrogens is 781 g/mol. The topological polar surface area (TPSA) is 186 Å². The number of benzene rings is 1. The van der Waals surface area contributed by atoms with E-state index in [1.54, 1.807) is 30.8 Å². The molecule has 1 aliphatic rings. The number of likely N-dealkylation sites (N-methyl/N-ethyl adjacent to an activating group) is 2. The van der Waals surface area contributed by atoms with Gasteiger partial charge in [0.1, 0.15) is 5.78 Å². The average molecular weight is 859 g/mol. The highest BCUT2D eigenvalue weighted by molar-refractivity contribution is 5.93. The van der Waals surface area contributed by atoms with Crippen LogP contribution in [0.25, 0.3) is 0 Å². The summed E-state index contributed by atoms with van der Waals surface area (Å²) in [4.78, 5) is 91.5. The van der Waals surface area contributed by atoms with E-state index < -0.39 is 54.1 Å². The van der Waals surface area contributed by atoms with Crippen LogP contribution in [0.5, 0.6) is 0 Å². The lowest BCUT2D eigenvalue weighted by Crippen LogP contribution is -2.54. The summed E-state index contributed by atoms with van der Waals surface area (Å²) in [6.07, 6.45) is 3.17. The highest BCUT2D eigenvalue weighted by atomic mass is 16.6. The molecule has 0 aliphatic carbocycles. The van der Waals surface area contributed by atoms with E-state index in [1.165, 1.54) is 19.1 Å². The Morgan fingerprint density at radius 3 is 2.05 bits per heavy atom. The fraction of sp³-hybridized carbons (Fsp3) is 0.745. The van der Waals surface area contributed by atoms with Crippen LogP contribution in [0, 0.1) is 35.5 Å². The SMILES string of the molecule is CC[C@H](C)[C@@H]([C@@H](CC(=O)N1CCC[C@H]1[C@H](OC)[C@@H](C)C(=O)C[C@@H](Cc1ccccc1)C(=O)O)OC)N(C)C(=O)[C@@H](CC(=O)[C@H](C(C)C)N(C)C(=O)CCCCCON)C(C)C. The maximum absolute atomic E-state index is 14.5. The minimum Gasteiger partial charge on any atom is -0.481 e. The van der Waals surface area contributed by atoms with E-state index in [9.17, 15) is 33.9 Å². The third-order valence-electron chi connectivity index (χ3n) is 12.9. The van der Waals surface area contributed by atoms with E-state index >= 15 is 0 Å². The summed E-state index contributed by atoms with van der Waals surface area (Å²) in [6.45, 7) is 14.3. The van der Waals surface area contributed by atoms with Gasteiger partial charge in [-0.05, 0) is 55.4 Å². The third kappa shape index (κ3) is 15.5. The summed E-state index contributed by atoms with van der Waals surface area (Å²) < 4.78 is 12.0. The number of rotatable bonds is 29. The highest BCUT2D eigenvalue weighted by Crippen LogP contribution is 2.32. The molecule has 0 radical (unpaired) electrons. The van der Waals surface area contributed by atoms with Crippen LogP contribution in [0.4, 0.5) is 0 Å². The first-order valence-electron chi connectivity index (χ1n) is 22.4. The molecule has 1 aliphatic heterocycles. The second-order valence-corrected chi connectivity index (χ2v) is 17.9. The number of likely N-dealkylation sites (tertiary alicyclic amines) is 1. The quantitative estimate of drug-likeness (QED) is 0.0714. The maximum atomic E-state index is 14.5. The van der Waals surface area contributed by atoms with Crippen molar-refractivity contribution in [2.24, 2.45) is 41.4 Å². The Hall–Kier alpha value is -3.72. The van der Waals surface area contributed by atoms with E-state index in [0.29, 0.717) is 45.3 Å². The lowest BCUT2D eigenvalue weighted by molar-refractivity contribution is -0.150. The molecule has 3 amide bonds. The number of aliphatic carboxylic acids is 1. The Balaban J connectivity index is 2.26. The summed E-state index contributed by atoms with van der Waals surface area (Å²) in [5, 5.41) is 9.98. The summed E-state index contributed by atoms with van der Waals surface area (Å²) in [7, 11) is 6.43. The van der Waals surface area contributed by atoms with Crippen LogP contribution in [0.3, 0.4) is 0 Å². The molecule has 0 aromatic heterocycles. The first-order valence-corrected chi connectivity index (χ1v) is 22.4. The van der Waals surface area contributed by atoms with Gasteiger partial charge in [0.2, 0.25) is 17.7 Å². The molecule has 61 heavy (non-hydrogen) atoms. The molecule has 0 unspecified atom stereocenters. The molecule has 9 atom stereocenters. The molecule has 1 fully saturated rings. The molecule has 1 saturated heterocycles. The number of hydrogen-bond acceptors (Lipinski definition) is 10. The van der Waals surface area contributed by atoms with Gasteiger partial charge in [0, 0.05) is 66.0 Å². The fourth-order valence-corrected chi connectivity index (χ4v) is 9.13. The largest absolute Gasteiger partial charge is 0.481 e. The number of nitrogens with two attached hydrogens (primary N) is 1. The number of Topliss-reactive ketones (excluding diaryl/α,β-unsaturated/α-hetero) is 2. The lowest BCUT2D eigenvalue weighted by atomic mass is 9.83. The fourth-order valence-electron chi connectivity index (χ4n) is 9.13. The van der Waals surface area contributed by atoms with E-state index in [-0.39, 0.29) is 72.7 Å². The zero-order valence-corrected chi connectivity index (χ0v) is 39.0. The summed E-state index contributed by atoms with van der Waals surface area (Å²) >= 11 is 0.